The van der Waals surface area contributed by atoms with Crippen LogP contribution in [0, 0.1) is 6.92 Å². The van der Waals surface area contributed by atoms with Gasteiger partial charge >= 0.3 is 0 Å². The summed E-state index contributed by atoms with van der Waals surface area (Å²) in [6.45, 7) is 2.20. The predicted molar refractivity (Wildman–Crippen MR) is 85.8 cm³/mol. The number of aryl methyl sites for hydroxylation is 1. The first kappa shape index (κ1) is 10.3. The van der Waals surface area contributed by atoms with Gasteiger partial charge in [-0.25, -0.2) is 0 Å². The molecule has 0 spiro atoms. The summed E-state index contributed by atoms with van der Waals surface area (Å²) in [5.41, 5.74) is 5.33. The minimum atomic E-state index is 1.30. The molecule has 0 saturated heterocycles. The molecule has 0 aliphatic heterocycles. The highest BCUT2D eigenvalue weighted by Gasteiger charge is 2.16. The number of aromatic nitrogens is 1. The van der Waals surface area contributed by atoms with E-state index in [1.165, 1.54) is 43.7 Å². The Morgan fingerprint density at radius 2 is 1.35 bits per heavy atom. The van der Waals surface area contributed by atoms with Gasteiger partial charge in [-0.05, 0) is 24.6 Å². The maximum atomic E-state index is 2.42. The van der Waals surface area contributed by atoms with Crippen molar-refractivity contribution < 1.29 is 0 Å². The molecule has 0 aliphatic carbocycles. The fourth-order valence-electron chi connectivity index (χ4n) is 3.66. The molecule has 94 valence electrons. The third-order valence-corrected chi connectivity index (χ3v) is 4.46. The van der Waals surface area contributed by atoms with E-state index in [0.29, 0.717) is 0 Å². The summed E-state index contributed by atoms with van der Waals surface area (Å²) >= 11 is 0. The Labute approximate surface area is 116 Å². The van der Waals surface area contributed by atoms with Crippen LogP contribution in [0.3, 0.4) is 0 Å². The maximum Gasteiger partial charge on any atom is 0.0620 e. The predicted octanol–water partition coefficient (Wildman–Crippen LogP) is 5.15. The van der Waals surface area contributed by atoms with Crippen LogP contribution in [0.1, 0.15) is 5.56 Å². The molecule has 0 amide bonds. The lowest BCUT2D eigenvalue weighted by molar-refractivity contribution is 1.36. The second kappa shape index (κ2) is 3.31. The molecule has 0 radical (unpaired) electrons. The Morgan fingerprint density at radius 1 is 0.650 bits per heavy atom. The van der Waals surface area contributed by atoms with Crippen molar-refractivity contribution in [3.63, 3.8) is 0 Å². The first-order valence-electron chi connectivity index (χ1n) is 6.99. The van der Waals surface area contributed by atoms with Gasteiger partial charge in [-0.3, -0.25) is 0 Å². The third kappa shape index (κ3) is 1.01. The van der Waals surface area contributed by atoms with Gasteiger partial charge in [0.15, 0.2) is 0 Å². The minimum absolute atomic E-state index is 1.30. The van der Waals surface area contributed by atoms with Crippen LogP contribution in [0.25, 0.3) is 38.1 Å². The summed E-state index contributed by atoms with van der Waals surface area (Å²) in [5, 5.41) is 5.45. The molecule has 0 bridgehead atoms. The Morgan fingerprint density at radius 3 is 2.30 bits per heavy atom. The Kier molecular flexibility index (Phi) is 1.70. The van der Waals surface area contributed by atoms with Gasteiger partial charge in [-0.1, -0.05) is 48.5 Å². The van der Waals surface area contributed by atoms with E-state index in [0.717, 1.165) is 0 Å². The zero-order valence-corrected chi connectivity index (χ0v) is 11.2. The normalized spacial score (nSPS) is 12.2. The molecule has 20 heavy (non-hydrogen) atoms. The molecule has 5 aromatic rings. The van der Waals surface area contributed by atoms with Gasteiger partial charge in [0.1, 0.15) is 0 Å². The number of fused-ring (bicyclic) bond motifs is 6. The second-order valence-corrected chi connectivity index (χ2v) is 5.52. The van der Waals surface area contributed by atoms with Crippen molar-refractivity contribution in [2.24, 2.45) is 0 Å². The van der Waals surface area contributed by atoms with Crippen molar-refractivity contribution in [1.29, 1.82) is 0 Å². The van der Waals surface area contributed by atoms with Crippen molar-refractivity contribution in [3.8, 4) is 0 Å². The molecule has 3 aromatic carbocycles. The van der Waals surface area contributed by atoms with E-state index in [4.69, 9.17) is 0 Å². The highest BCUT2D eigenvalue weighted by Crippen LogP contribution is 2.39. The van der Waals surface area contributed by atoms with Crippen LogP contribution in [0.4, 0.5) is 0 Å². The Hall–Kier alpha value is -2.54. The number of rotatable bonds is 0. The van der Waals surface area contributed by atoms with Crippen LogP contribution in [0.2, 0.25) is 0 Å². The molecule has 1 nitrogen and oxygen atoms in total. The number of hydrogen-bond acceptors (Lipinski definition) is 0. The molecule has 1 heteroatoms. The molecule has 0 saturated carbocycles. The number of nitrogens with zero attached hydrogens (tertiary/aromatic N) is 1. The second-order valence-electron chi connectivity index (χ2n) is 5.52. The molecule has 2 heterocycles. The smallest absolute Gasteiger partial charge is 0.0620 e. The van der Waals surface area contributed by atoms with Crippen LogP contribution in [-0.2, 0) is 0 Å². The first-order valence-corrected chi connectivity index (χ1v) is 6.99. The third-order valence-electron chi connectivity index (χ3n) is 4.46. The van der Waals surface area contributed by atoms with Crippen LogP contribution >= 0.6 is 0 Å². The quantitative estimate of drug-likeness (QED) is 0.360. The standard InChI is InChI=1S/C19H13N/c1-12-6-4-11-17-18(12)15-9-5-8-14-13-7-2-3-10-16(13)20(17)19(14)15/h2-11H,1H3. The summed E-state index contributed by atoms with van der Waals surface area (Å²) in [6.07, 6.45) is 0. The summed E-state index contributed by atoms with van der Waals surface area (Å²) in [6, 6.07) is 21.9. The van der Waals surface area contributed by atoms with E-state index in [1.54, 1.807) is 0 Å². The van der Waals surface area contributed by atoms with E-state index < -0.39 is 0 Å². The average Bonchev–Trinajstić information content (AvgIpc) is 2.99. The van der Waals surface area contributed by atoms with Crippen LogP contribution in [0.15, 0.2) is 60.7 Å². The highest BCUT2D eigenvalue weighted by molar-refractivity contribution is 6.23. The van der Waals surface area contributed by atoms with Gasteiger partial charge in [0.05, 0.1) is 16.6 Å². The highest BCUT2D eigenvalue weighted by atomic mass is 14.9. The molecule has 0 unspecified atom stereocenters. The monoisotopic (exact) mass is 255 g/mol. The SMILES string of the molecule is Cc1cccc2c1c1cccc3c4ccccc4n2c31. The van der Waals surface area contributed by atoms with Crippen molar-refractivity contribution in [2.45, 2.75) is 6.92 Å². The topological polar surface area (TPSA) is 4.41 Å². The zero-order chi connectivity index (χ0) is 13.3. The fourth-order valence-corrected chi connectivity index (χ4v) is 3.66. The number of hydrogen-bond donors (Lipinski definition) is 0. The van der Waals surface area contributed by atoms with E-state index in [-0.39, 0.29) is 0 Å². The lowest BCUT2D eigenvalue weighted by atomic mass is 10.1. The van der Waals surface area contributed by atoms with E-state index >= 15 is 0 Å². The Bertz CT molecular complexity index is 1100. The molecule has 0 N–H and O–H groups in total. The van der Waals surface area contributed by atoms with Gasteiger partial charge in [-0.2, -0.15) is 0 Å². The van der Waals surface area contributed by atoms with Gasteiger partial charge < -0.3 is 4.40 Å². The lowest BCUT2D eigenvalue weighted by Gasteiger charge is -1.99. The van der Waals surface area contributed by atoms with Gasteiger partial charge in [-0.15, -0.1) is 0 Å². The summed E-state index contributed by atoms with van der Waals surface area (Å²) in [4.78, 5) is 0. The van der Waals surface area contributed by atoms with Crippen molar-refractivity contribution >= 4 is 38.1 Å². The summed E-state index contributed by atoms with van der Waals surface area (Å²) in [7, 11) is 0. The Balaban J connectivity index is 2.31. The van der Waals surface area contributed by atoms with E-state index in [2.05, 4.69) is 72.0 Å². The van der Waals surface area contributed by atoms with E-state index in [9.17, 15) is 0 Å². The van der Waals surface area contributed by atoms with Gasteiger partial charge in [0.2, 0.25) is 0 Å². The summed E-state index contributed by atoms with van der Waals surface area (Å²) < 4.78 is 2.42. The minimum Gasteiger partial charge on any atom is -0.308 e. The number of para-hydroxylation sites is 2. The number of benzene rings is 3. The van der Waals surface area contributed by atoms with E-state index in [1.807, 2.05) is 0 Å². The molecule has 0 fully saturated rings. The molecule has 2 aromatic heterocycles. The molecular formula is C19H13N. The van der Waals surface area contributed by atoms with Crippen LogP contribution in [0.5, 0.6) is 0 Å². The summed E-state index contributed by atoms with van der Waals surface area (Å²) in [5.74, 6) is 0. The molecule has 0 atom stereocenters. The fraction of sp³-hybridized carbons (Fsp3) is 0.0526. The first-order chi connectivity index (χ1) is 9.86. The molecule has 5 rings (SSSR count). The lowest BCUT2D eigenvalue weighted by Crippen LogP contribution is -1.80. The molecular weight excluding hydrogens is 242 g/mol. The van der Waals surface area contributed by atoms with Crippen molar-refractivity contribution in [2.75, 3.05) is 0 Å². The molecule has 0 aliphatic rings. The van der Waals surface area contributed by atoms with Gasteiger partial charge in [0.25, 0.3) is 0 Å². The van der Waals surface area contributed by atoms with Crippen LogP contribution < -0.4 is 0 Å². The zero-order valence-electron chi connectivity index (χ0n) is 11.2. The maximum absolute atomic E-state index is 2.42. The van der Waals surface area contributed by atoms with Crippen LogP contribution in [-0.4, -0.2) is 4.40 Å². The van der Waals surface area contributed by atoms with Crippen molar-refractivity contribution in [3.05, 3.63) is 66.2 Å². The largest absolute Gasteiger partial charge is 0.308 e. The van der Waals surface area contributed by atoms with Crippen molar-refractivity contribution in [1.82, 2.24) is 4.40 Å². The van der Waals surface area contributed by atoms with Gasteiger partial charge in [0, 0.05) is 21.5 Å². The average molecular weight is 255 g/mol.